The average molecular weight is 237 g/mol. The van der Waals surface area contributed by atoms with Crippen LogP contribution in [0.3, 0.4) is 0 Å². The molecule has 0 atom stereocenters. The van der Waals surface area contributed by atoms with E-state index in [4.69, 9.17) is 5.41 Å². The second kappa shape index (κ2) is 5.07. The van der Waals surface area contributed by atoms with E-state index in [0.717, 1.165) is 38.6 Å². The van der Waals surface area contributed by atoms with Gasteiger partial charge in [-0.1, -0.05) is 39.0 Å². The van der Waals surface area contributed by atoms with Crippen molar-refractivity contribution >= 4 is 11.9 Å². The van der Waals surface area contributed by atoms with E-state index in [1.54, 1.807) is 0 Å². The summed E-state index contributed by atoms with van der Waals surface area (Å²) in [6.45, 7) is 2.86. The zero-order valence-corrected chi connectivity index (χ0v) is 10.7. The summed E-state index contributed by atoms with van der Waals surface area (Å²) < 4.78 is 0. The molecule has 0 aromatic rings. The van der Waals surface area contributed by atoms with Crippen molar-refractivity contribution < 1.29 is 4.79 Å². The van der Waals surface area contributed by atoms with Gasteiger partial charge in [0.05, 0.1) is 0 Å². The molecule has 96 valence electrons. The summed E-state index contributed by atoms with van der Waals surface area (Å²) in [5, 5.41) is 10.9. The largest absolute Gasteiger partial charge is 0.323 e. The van der Waals surface area contributed by atoms with E-state index in [9.17, 15) is 4.79 Å². The number of nitrogens with one attached hydrogen (secondary N) is 2. The van der Waals surface area contributed by atoms with Gasteiger partial charge in [-0.15, -0.1) is 0 Å². The fourth-order valence-electron chi connectivity index (χ4n) is 3.17. The van der Waals surface area contributed by atoms with Gasteiger partial charge in [0.1, 0.15) is 11.4 Å². The second-order valence-electron chi connectivity index (χ2n) is 5.26. The van der Waals surface area contributed by atoms with Gasteiger partial charge in [-0.05, 0) is 19.3 Å². The third-order valence-corrected chi connectivity index (χ3v) is 4.09. The van der Waals surface area contributed by atoms with Crippen LogP contribution in [-0.2, 0) is 0 Å². The van der Waals surface area contributed by atoms with Crippen molar-refractivity contribution in [2.45, 2.75) is 63.8 Å². The molecule has 2 N–H and O–H groups in total. The van der Waals surface area contributed by atoms with Crippen LogP contribution in [0.5, 0.6) is 0 Å². The zero-order valence-electron chi connectivity index (χ0n) is 10.7. The van der Waals surface area contributed by atoms with Gasteiger partial charge < -0.3 is 4.90 Å². The van der Waals surface area contributed by atoms with E-state index in [1.165, 1.54) is 19.3 Å². The minimum atomic E-state index is -0.298. The number of urea groups is 1. The third-order valence-electron chi connectivity index (χ3n) is 4.09. The van der Waals surface area contributed by atoms with Crippen LogP contribution >= 0.6 is 0 Å². The van der Waals surface area contributed by atoms with Crippen molar-refractivity contribution in [2.75, 3.05) is 6.54 Å². The molecule has 1 heterocycles. The summed E-state index contributed by atoms with van der Waals surface area (Å²) >= 11 is 0. The van der Waals surface area contributed by atoms with Crippen molar-refractivity contribution in [1.29, 1.82) is 5.41 Å². The molecule has 1 saturated carbocycles. The molecule has 1 saturated heterocycles. The molecule has 2 aliphatic rings. The van der Waals surface area contributed by atoms with Gasteiger partial charge in [0.2, 0.25) is 0 Å². The smallest absolute Gasteiger partial charge is 0.312 e. The minimum Gasteiger partial charge on any atom is -0.312 e. The Morgan fingerprint density at radius 3 is 2.41 bits per heavy atom. The van der Waals surface area contributed by atoms with Gasteiger partial charge in [0.25, 0.3) is 0 Å². The number of hydrogen-bond donors (Lipinski definition) is 2. The van der Waals surface area contributed by atoms with Crippen LogP contribution in [0.2, 0.25) is 0 Å². The molecule has 1 aliphatic heterocycles. The molecule has 1 aliphatic carbocycles. The Morgan fingerprint density at radius 1 is 1.24 bits per heavy atom. The summed E-state index contributed by atoms with van der Waals surface area (Å²) in [6.07, 6.45) is 8.94. The summed E-state index contributed by atoms with van der Waals surface area (Å²) in [4.78, 5) is 13.8. The maximum Gasteiger partial charge on any atom is 0.323 e. The number of carbonyl (C=O) groups is 1. The van der Waals surface area contributed by atoms with Crippen LogP contribution in [0.15, 0.2) is 0 Å². The molecule has 4 heteroatoms. The Balaban J connectivity index is 2.22. The number of rotatable bonds is 2. The molecule has 2 rings (SSSR count). The first kappa shape index (κ1) is 12.4. The predicted molar refractivity (Wildman–Crippen MR) is 68.3 cm³/mol. The molecule has 2 amide bonds. The third kappa shape index (κ3) is 2.17. The number of amidine groups is 1. The van der Waals surface area contributed by atoms with Gasteiger partial charge in [0, 0.05) is 6.54 Å². The van der Waals surface area contributed by atoms with Crippen molar-refractivity contribution in [2.24, 2.45) is 0 Å². The lowest BCUT2D eigenvalue weighted by molar-refractivity contribution is 0.153. The normalized spacial score (nSPS) is 24.6. The van der Waals surface area contributed by atoms with E-state index in [0.29, 0.717) is 5.84 Å². The molecule has 2 fully saturated rings. The summed E-state index contributed by atoms with van der Waals surface area (Å²) in [7, 11) is 0. The van der Waals surface area contributed by atoms with Crippen LogP contribution in [0, 0.1) is 5.41 Å². The predicted octanol–water partition coefficient (Wildman–Crippen LogP) is 2.88. The molecule has 4 nitrogen and oxygen atoms in total. The molecule has 0 unspecified atom stereocenters. The Morgan fingerprint density at radius 2 is 1.82 bits per heavy atom. The van der Waals surface area contributed by atoms with E-state index in [1.807, 2.05) is 4.90 Å². The highest BCUT2D eigenvalue weighted by molar-refractivity contribution is 6.08. The topological polar surface area (TPSA) is 56.2 Å². The van der Waals surface area contributed by atoms with Crippen LogP contribution in [-0.4, -0.2) is 28.9 Å². The molecule has 0 bridgehead atoms. The van der Waals surface area contributed by atoms with Crippen molar-refractivity contribution in [3.63, 3.8) is 0 Å². The zero-order chi connectivity index (χ0) is 12.3. The van der Waals surface area contributed by atoms with Crippen molar-refractivity contribution in [3.8, 4) is 0 Å². The molecular formula is C13H23N3O. The minimum absolute atomic E-state index is 0.0579. The standard InChI is InChI=1S/C13H23N3O/c1-2-10-16-12(17)15-11(14)13(16)8-6-4-3-5-7-9-13/h2-10H2,1H3,(H2,14,15,17). The SMILES string of the molecule is CCCN1C(=O)NC(=N)C12CCCCCCC2. The van der Waals surface area contributed by atoms with E-state index < -0.39 is 0 Å². The maximum atomic E-state index is 11.9. The Kier molecular flexibility index (Phi) is 3.69. The fraction of sp³-hybridized carbons (Fsp3) is 0.846. The molecule has 0 aromatic heterocycles. The fourth-order valence-corrected chi connectivity index (χ4v) is 3.17. The van der Waals surface area contributed by atoms with Crippen LogP contribution in [0.4, 0.5) is 4.79 Å². The number of nitrogens with zero attached hydrogens (tertiary/aromatic N) is 1. The molecule has 1 spiro atoms. The first-order valence-corrected chi connectivity index (χ1v) is 6.88. The summed E-state index contributed by atoms with van der Waals surface area (Å²) in [6, 6.07) is -0.0579. The van der Waals surface area contributed by atoms with Crippen LogP contribution in [0.25, 0.3) is 0 Å². The van der Waals surface area contributed by atoms with Gasteiger partial charge in [-0.25, -0.2) is 4.79 Å². The molecular weight excluding hydrogens is 214 g/mol. The van der Waals surface area contributed by atoms with Gasteiger partial charge >= 0.3 is 6.03 Å². The maximum absolute atomic E-state index is 11.9. The lowest BCUT2D eigenvalue weighted by Crippen LogP contribution is -2.50. The highest BCUT2D eigenvalue weighted by Gasteiger charge is 2.48. The lowest BCUT2D eigenvalue weighted by Gasteiger charge is -2.38. The first-order chi connectivity index (χ1) is 8.20. The van der Waals surface area contributed by atoms with Gasteiger partial charge in [-0.2, -0.15) is 0 Å². The lowest BCUT2D eigenvalue weighted by atomic mass is 9.82. The molecule has 17 heavy (non-hydrogen) atoms. The van der Waals surface area contributed by atoms with Crippen molar-refractivity contribution in [1.82, 2.24) is 10.2 Å². The molecule has 0 radical (unpaired) electrons. The summed E-state index contributed by atoms with van der Waals surface area (Å²) in [5.74, 6) is 0.442. The van der Waals surface area contributed by atoms with E-state index >= 15 is 0 Å². The van der Waals surface area contributed by atoms with Crippen LogP contribution < -0.4 is 5.32 Å². The number of hydrogen-bond acceptors (Lipinski definition) is 2. The second-order valence-corrected chi connectivity index (χ2v) is 5.26. The Labute approximate surface area is 103 Å². The monoisotopic (exact) mass is 237 g/mol. The Bertz CT molecular complexity index is 306. The highest BCUT2D eigenvalue weighted by atomic mass is 16.2. The number of carbonyl (C=O) groups excluding carboxylic acids is 1. The number of amides is 2. The van der Waals surface area contributed by atoms with Crippen molar-refractivity contribution in [3.05, 3.63) is 0 Å². The average Bonchev–Trinajstić information content (AvgIpc) is 2.48. The first-order valence-electron chi connectivity index (χ1n) is 6.88. The van der Waals surface area contributed by atoms with E-state index in [-0.39, 0.29) is 11.6 Å². The van der Waals surface area contributed by atoms with Crippen LogP contribution in [0.1, 0.15) is 58.3 Å². The van der Waals surface area contributed by atoms with Gasteiger partial charge in [-0.3, -0.25) is 10.7 Å². The molecule has 0 aromatic carbocycles. The summed E-state index contributed by atoms with van der Waals surface area (Å²) in [5.41, 5.74) is -0.298. The highest BCUT2D eigenvalue weighted by Crippen LogP contribution is 2.35. The van der Waals surface area contributed by atoms with Gasteiger partial charge in [0.15, 0.2) is 0 Å². The Hall–Kier alpha value is -1.06. The van der Waals surface area contributed by atoms with E-state index in [2.05, 4.69) is 12.2 Å². The quantitative estimate of drug-likeness (QED) is 0.762.